The van der Waals surface area contributed by atoms with Crippen LogP contribution >= 0.6 is 0 Å². The molecule has 0 aromatic carbocycles. The van der Waals surface area contributed by atoms with Crippen molar-refractivity contribution in [1.29, 1.82) is 0 Å². The molecule has 0 aliphatic heterocycles. The van der Waals surface area contributed by atoms with E-state index in [1.54, 1.807) is 6.92 Å². The third-order valence-corrected chi connectivity index (χ3v) is 0. The monoisotopic (exact) mass is 148 g/mol. The van der Waals surface area contributed by atoms with Gasteiger partial charge in [0.25, 0.3) is 0 Å². The van der Waals surface area contributed by atoms with Gasteiger partial charge in [-0.2, -0.15) is 6.92 Å². The number of hydrogen-bond acceptors (Lipinski definition) is 0. The predicted octanol–water partition coefficient (Wildman–Crippen LogP) is 3.44. The third kappa shape index (κ3) is 776. The van der Waals surface area contributed by atoms with Gasteiger partial charge in [0.05, 0.1) is 0 Å². The molecule has 0 aliphatic rings. The molecule has 6 N–H and O–H groups in total. The molecule has 3 nitrogen and oxygen atoms in total. The van der Waals surface area contributed by atoms with Gasteiger partial charge >= 0.3 is 17.1 Å². The molecule has 4 heteroatoms. The number of hydrogen-bond donors (Lipinski definition) is 0. The quantitative estimate of drug-likeness (QED) is 0.371. The van der Waals surface area contributed by atoms with Crippen LogP contribution < -0.4 is 0 Å². The topological polar surface area (TPSA) is 100 Å². The summed E-state index contributed by atoms with van der Waals surface area (Å²) in [6, 6.07) is 0. The van der Waals surface area contributed by atoms with Crippen LogP contribution in [0.25, 0.3) is 18.5 Å². The minimum absolute atomic E-state index is 0. The van der Waals surface area contributed by atoms with Gasteiger partial charge in [-0.15, -0.1) is 0 Å². The van der Waals surface area contributed by atoms with Gasteiger partial charge in [0.15, 0.2) is 0 Å². The molecule has 49 valence electrons. The van der Waals surface area contributed by atoms with Gasteiger partial charge in [0, 0.05) is 0 Å². The SMILES string of the molecule is [CH2-]C.[CH3-].[Fe+5].[NH2-].[NH2-].[NH2-]. The summed E-state index contributed by atoms with van der Waals surface area (Å²) in [5.74, 6) is 0. The molecular weight excluding hydrogens is 134 g/mol. The van der Waals surface area contributed by atoms with Gasteiger partial charge in [-0.1, -0.05) is 0 Å². The van der Waals surface area contributed by atoms with E-state index in [1.165, 1.54) is 0 Å². The van der Waals surface area contributed by atoms with Crippen molar-refractivity contribution < 1.29 is 17.1 Å². The molecule has 0 atom stereocenters. The Balaban J connectivity index is -0.000000000500. The fourth-order valence-electron chi connectivity index (χ4n) is 0. The molecule has 0 amide bonds. The van der Waals surface area contributed by atoms with E-state index in [0.717, 1.165) is 0 Å². The van der Waals surface area contributed by atoms with Crippen molar-refractivity contribution >= 4 is 0 Å². The molecule has 0 saturated carbocycles. The molecule has 7 heavy (non-hydrogen) atoms. The second-order valence-electron chi connectivity index (χ2n) is 0. The molecule has 0 aliphatic carbocycles. The molecule has 0 unspecified atom stereocenters. The Labute approximate surface area is 57.5 Å². The zero-order valence-electron chi connectivity index (χ0n) is 4.79. The van der Waals surface area contributed by atoms with Crippen LogP contribution in [-0.2, 0) is 17.1 Å². The minimum atomic E-state index is 0. The van der Waals surface area contributed by atoms with E-state index in [1.807, 2.05) is 0 Å². The molecule has 0 aromatic rings. The fourth-order valence-corrected chi connectivity index (χ4v) is 0. The van der Waals surface area contributed by atoms with Crippen LogP contribution in [0.4, 0.5) is 0 Å². The Morgan fingerprint density at radius 2 is 0.857 bits per heavy atom. The molecule has 0 fully saturated rings. The first-order chi connectivity index (χ1) is 1.00. The van der Waals surface area contributed by atoms with E-state index in [4.69, 9.17) is 0 Å². The molecule has 0 saturated heterocycles. The second kappa shape index (κ2) is 1170. The Morgan fingerprint density at radius 3 is 0.857 bits per heavy atom. The number of nitrogens with two attached hydrogens (primary N) is 3. The average Bonchev–Trinajstić information content (AvgIpc) is 1.00. The zero-order chi connectivity index (χ0) is 2.00. The van der Waals surface area contributed by atoms with E-state index in [0.29, 0.717) is 0 Å². The van der Waals surface area contributed by atoms with Crippen LogP contribution in [0.5, 0.6) is 0 Å². The third-order valence-electron chi connectivity index (χ3n) is 0. The van der Waals surface area contributed by atoms with Gasteiger partial charge in [-0.25, -0.2) is 0 Å². The van der Waals surface area contributed by atoms with Crippen LogP contribution in [0.1, 0.15) is 6.92 Å². The van der Waals surface area contributed by atoms with E-state index >= 15 is 0 Å². The van der Waals surface area contributed by atoms with Gasteiger partial charge < -0.3 is 32.8 Å². The summed E-state index contributed by atoms with van der Waals surface area (Å²) in [4.78, 5) is 0. The normalized spacial score (nSPS) is 0.857. The van der Waals surface area contributed by atoms with Crippen molar-refractivity contribution in [2.45, 2.75) is 6.92 Å². The summed E-state index contributed by atoms with van der Waals surface area (Å²) in [5.41, 5.74) is 0. The Kier molecular flexibility index (Phi) is 25800. The van der Waals surface area contributed by atoms with E-state index in [9.17, 15) is 0 Å². The standard InChI is InChI=1S/C2H5.CH3.Fe.3H2N/c1-2;;;;;/h1H2,2H3;1H3;;3*1H2/q2*-1;+5;3*-1. The van der Waals surface area contributed by atoms with E-state index in [2.05, 4.69) is 6.92 Å². The van der Waals surface area contributed by atoms with Crippen LogP contribution in [-0.4, -0.2) is 0 Å². The first-order valence-electron chi connectivity index (χ1n) is 0.707. The smallest absolute Gasteiger partial charge is 0.693 e. The molecule has 1 radical (unpaired) electrons. The molecule has 0 spiro atoms. The molecule has 0 aromatic heterocycles. The first-order valence-corrected chi connectivity index (χ1v) is 0.707. The second-order valence-corrected chi connectivity index (χ2v) is 0. The minimum Gasteiger partial charge on any atom is -0.693 e. The van der Waals surface area contributed by atoms with Crippen molar-refractivity contribution in [2.24, 2.45) is 0 Å². The van der Waals surface area contributed by atoms with Crippen molar-refractivity contribution in [2.75, 3.05) is 0 Å². The molecule has 0 bridgehead atoms. The van der Waals surface area contributed by atoms with Gasteiger partial charge in [0.2, 0.25) is 0 Å². The van der Waals surface area contributed by atoms with Gasteiger partial charge in [0.1, 0.15) is 0 Å². The fraction of sp³-hybridized carbons (Fsp3) is 0.333. The van der Waals surface area contributed by atoms with Crippen LogP contribution in [0.3, 0.4) is 0 Å². The molecule has 0 rings (SSSR count). The summed E-state index contributed by atoms with van der Waals surface area (Å²) < 4.78 is 0. The van der Waals surface area contributed by atoms with Crippen LogP contribution in [0.15, 0.2) is 0 Å². The zero-order valence-corrected chi connectivity index (χ0v) is 5.90. The largest absolute Gasteiger partial charge is 5.00 e. The summed E-state index contributed by atoms with van der Waals surface area (Å²) in [7, 11) is 0. The maximum absolute atomic E-state index is 3.25. The Hall–Kier alpha value is 0.399. The Bertz CT molecular complexity index is 10.1. The summed E-state index contributed by atoms with van der Waals surface area (Å²) >= 11 is 0. The van der Waals surface area contributed by atoms with Crippen LogP contribution in [0, 0.1) is 14.4 Å². The summed E-state index contributed by atoms with van der Waals surface area (Å²) in [6.45, 7) is 5.00. The predicted molar refractivity (Wildman–Crippen MR) is 33.3 cm³/mol. The van der Waals surface area contributed by atoms with Crippen molar-refractivity contribution in [3.05, 3.63) is 32.8 Å². The van der Waals surface area contributed by atoms with Crippen LogP contribution in [0.2, 0.25) is 0 Å². The van der Waals surface area contributed by atoms with Crippen molar-refractivity contribution in [3.8, 4) is 0 Å². The molecular formula is C3H14FeN3. The summed E-state index contributed by atoms with van der Waals surface area (Å²) in [5, 5.41) is 0. The number of rotatable bonds is 0. The maximum atomic E-state index is 3.25. The first kappa shape index (κ1) is 155. The molecule has 0 heterocycles. The summed E-state index contributed by atoms with van der Waals surface area (Å²) in [6.07, 6.45) is 0. The van der Waals surface area contributed by atoms with E-state index in [-0.39, 0.29) is 42.9 Å². The van der Waals surface area contributed by atoms with E-state index < -0.39 is 0 Å². The average molecular weight is 148 g/mol. The maximum Gasteiger partial charge on any atom is 5.00 e. The Morgan fingerprint density at radius 1 is 0.857 bits per heavy atom. The van der Waals surface area contributed by atoms with Gasteiger partial charge in [-0.3, -0.25) is 0 Å². The van der Waals surface area contributed by atoms with Gasteiger partial charge in [-0.05, 0) is 0 Å². The van der Waals surface area contributed by atoms with Crippen molar-refractivity contribution in [1.82, 2.24) is 0 Å². The van der Waals surface area contributed by atoms with Crippen molar-refractivity contribution in [3.63, 3.8) is 0 Å².